The molecule has 0 aromatic carbocycles. The van der Waals surface area contributed by atoms with Crippen LogP contribution in [0.4, 0.5) is 0 Å². The van der Waals surface area contributed by atoms with E-state index in [4.69, 9.17) is 19.1 Å². The molecule has 2 atom stereocenters. The zero-order valence-corrected chi connectivity index (χ0v) is 27.0. The monoisotopic (exact) mass is 684 g/mol. The maximum absolute atomic E-state index is 13.0. The first-order valence-corrected chi connectivity index (χ1v) is 16.0. The highest BCUT2D eigenvalue weighted by Crippen LogP contribution is 2.20. The number of ether oxygens (including phenoxy) is 2. The summed E-state index contributed by atoms with van der Waals surface area (Å²) in [6.07, 6.45) is 12.8. The van der Waals surface area contributed by atoms with Crippen molar-refractivity contribution in [2.45, 2.75) is 50.7 Å². The number of carbonyl (C=O) groups excluding carboxylic acids is 4. The highest BCUT2D eigenvalue weighted by Gasteiger charge is 2.25. The van der Waals surface area contributed by atoms with Gasteiger partial charge in [0.15, 0.2) is 0 Å². The summed E-state index contributed by atoms with van der Waals surface area (Å²) in [7, 11) is 0. The van der Waals surface area contributed by atoms with Crippen molar-refractivity contribution in [3.63, 3.8) is 0 Å². The van der Waals surface area contributed by atoms with Gasteiger partial charge in [-0.1, -0.05) is 10.3 Å². The molecule has 0 bridgehead atoms. The second-order valence-electron chi connectivity index (χ2n) is 11.1. The van der Waals surface area contributed by atoms with Crippen molar-refractivity contribution in [2.75, 3.05) is 13.1 Å². The van der Waals surface area contributed by atoms with E-state index in [1.165, 1.54) is 37.2 Å². The maximum Gasteiger partial charge on any atom is 0.359 e. The fourth-order valence-corrected chi connectivity index (χ4v) is 4.86. The highest BCUT2D eigenvalue weighted by atomic mass is 16.8. The van der Waals surface area contributed by atoms with E-state index in [1.807, 2.05) is 0 Å². The van der Waals surface area contributed by atoms with Crippen LogP contribution in [-0.4, -0.2) is 79.5 Å². The lowest BCUT2D eigenvalue weighted by Gasteiger charge is -2.29. The minimum Gasteiger partial charge on any atom is -0.459 e. The van der Waals surface area contributed by atoms with Gasteiger partial charge in [-0.25, -0.2) is 19.2 Å². The number of hydroxylamine groups is 2. The summed E-state index contributed by atoms with van der Waals surface area (Å²) in [5.74, 6) is -2.46. The molecular weight excluding hydrogens is 648 g/mol. The summed E-state index contributed by atoms with van der Waals surface area (Å²) in [5, 5.41) is 2.29. The second kappa shape index (κ2) is 18.8. The molecule has 0 saturated carbocycles. The zero-order chi connectivity index (χ0) is 35.0. The van der Waals surface area contributed by atoms with E-state index in [1.54, 1.807) is 60.9 Å². The van der Waals surface area contributed by atoms with Gasteiger partial charge in [0.1, 0.15) is 12.2 Å². The minimum atomic E-state index is -0.690. The maximum atomic E-state index is 13.0. The van der Waals surface area contributed by atoms with E-state index in [9.17, 15) is 19.2 Å². The summed E-state index contributed by atoms with van der Waals surface area (Å²) in [5.41, 5.74) is 6.56. The Kier molecular flexibility index (Phi) is 13.4. The average Bonchev–Trinajstić information content (AvgIpc) is 3.16. The van der Waals surface area contributed by atoms with Crippen molar-refractivity contribution in [1.29, 1.82) is 0 Å². The Hall–Kier alpha value is -5.68. The molecule has 5 rings (SSSR count). The Morgan fingerprint density at radius 2 is 0.860 bits per heavy atom. The summed E-state index contributed by atoms with van der Waals surface area (Å²) < 4.78 is 11.8. The molecule has 4 aromatic rings. The lowest BCUT2D eigenvalue weighted by atomic mass is 10.0. The number of nitrogens with one attached hydrogen (secondary N) is 2. The zero-order valence-electron chi connectivity index (χ0n) is 27.0. The molecule has 260 valence electrons. The van der Waals surface area contributed by atoms with Crippen molar-refractivity contribution in [2.24, 2.45) is 0 Å². The Balaban J connectivity index is 1.34. The van der Waals surface area contributed by atoms with Gasteiger partial charge in [0.2, 0.25) is 0 Å². The van der Waals surface area contributed by atoms with Crippen LogP contribution < -0.4 is 11.1 Å². The lowest BCUT2D eigenvalue weighted by Crippen LogP contribution is -2.56. The first-order chi connectivity index (χ1) is 24.4. The van der Waals surface area contributed by atoms with Gasteiger partial charge in [0.05, 0.1) is 35.3 Å². The molecule has 0 amide bonds. The molecule has 16 heteroatoms. The fraction of sp³-hybridized carbons (Fsp3) is 0.294. The van der Waals surface area contributed by atoms with Crippen LogP contribution in [0.15, 0.2) is 98.1 Å². The molecule has 5 heterocycles. The number of pyridine rings is 4. The number of hydrazine groups is 3. The molecule has 16 nitrogen and oxygen atoms in total. The largest absolute Gasteiger partial charge is 0.459 e. The van der Waals surface area contributed by atoms with Crippen LogP contribution in [0.3, 0.4) is 0 Å². The van der Waals surface area contributed by atoms with E-state index in [0.717, 1.165) is 10.3 Å². The molecule has 1 aliphatic rings. The Labute approximate surface area is 287 Å². The second-order valence-corrected chi connectivity index (χ2v) is 11.1. The van der Waals surface area contributed by atoms with Crippen molar-refractivity contribution < 1.29 is 38.3 Å². The topological polar surface area (TPSA) is 187 Å². The van der Waals surface area contributed by atoms with Gasteiger partial charge in [-0.05, 0) is 87.1 Å². The normalized spacial score (nSPS) is 18.2. The predicted molar refractivity (Wildman–Crippen MR) is 174 cm³/mol. The summed E-state index contributed by atoms with van der Waals surface area (Å²) in [6, 6.07) is 12.8. The van der Waals surface area contributed by atoms with Crippen LogP contribution in [0, 0.1) is 0 Å². The molecule has 50 heavy (non-hydrogen) atoms. The van der Waals surface area contributed by atoms with Crippen molar-refractivity contribution in [3.8, 4) is 0 Å². The van der Waals surface area contributed by atoms with Gasteiger partial charge >= 0.3 is 23.9 Å². The Morgan fingerprint density at radius 3 is 1.18 bits per heavy atom. The number of carbonyl (C=O) groups is 4. The number of esters is 2. The highest BCUT2D eigenvalue weighted by molar-refractivity contribution is 5.90. The quantitative estimate of drug-likeness (QED) is 0.257. The van der Waals surface area contributed by atoms with Gasteiger partial charge in [-0.3, -0.25) is 19.9 Å². The first-order valence-electron chi connectivity index (χ1n) is 16.0. The van der Waals surface area contributed by atoms with Crippen LogP contribution in [0.1, 0.15) is 80.0 Å². The van der Waals surface area contributed by atoms with Crippen LogP contribution in [0.2, 0.25) is 0 Å². The number of aromatic nitrogens is 4. The van der Waals surface area contributed by atoms with Crippen molar-refractivity contribution in [1.82, 2.24) is 41.3 Å². The molecule has 1 aliphatic heterocycles. The van der Waals surface area contributed by atoms with Crippen LogP contribution in [0.5, 0.6) is 0 Å². The number of hydrogen-bond acceptors (Lipinski definition) is 16. The van der Waals surface area contributed by atoms with E-state index in [0.29, 0.717) is 49.7 Å². The molecule has 4 aromatic heterocycles. The van der Waals surface area contributed by atoms with Crippen molar-refractivity contribution >= 4 is 23.9 Å². The Bertz CT molecular complexity index is 1420. The molecular formula is C34H36N8O8. The number of nitrogens with zero attached hydrogens (tertiary/aromatic N) is 6. The third-order valence-corrected chi connectivity index (χ3v) is 7.41. The number of rotatable bonds is 8. The summed E-state index contributed by atoms with van der Waals surface area (Å²) in [4.78, 5) is 79.0. The van der Waals surface area contributed by atoms with Gasteiger partial charge in [-0.2, -0.15) is 0 Å². The van der Waals surface area contributed by atoms with Crippen molar-refractivity contribution in [3.05, 3.63) is 120 Å². The van der Waals surface area contributed by atoms with E-state index < -0.39 is 36.1 Å². The molecule has 2 unspecified atom stereocenters. The van der Waals surface area contributed by atoms with Crippen LogP contribution in [0.25, 0.3) is 0 Å². The van der Waals surface area contributed by atoms with Gasteiger partial charge in [0, 0.05) is 49.6 Å². The third kappa shape index (κ3) is 11.2. The minimum absolute atomic E-state index is 0.115. The molecule has 0 radical (unpaired) electrons. The van der Waals surface area contributed by atoms with E-state index in [2.05, 4.69) is 31.0 Å². The van der Waals surface area contributed by atoms with Gasteiger partial charge in [-0.15, -0.1) is 11.1 Å². The fourth-order valence-electron chi connectivity index (χ4n) is 4.86. The van der Waals surface area contributed by atoms with Gasteiger partial charge < -0.3 is 19.1 Å². The predicted octanol–water partition coefficient (Wildman–Crippen LogP) is 3.44. The lowest BCUT2D eigenvalue weighted by molar-refractivity contribution is -0.224. The molecule has 0 spiro atoms. The average molecular weight is 685 g/mol. The Morgan fingerprint density at radius 1 is 0.520 bits per heavy atom. The van der Waals surface area contributed by atoms with Crippen LogP contribution in [-0.2, 0) is 19.1 Å². The molecule has 1 saturated heterocycles. The van der Waals surface area contributed by atoms with Crippen LogP contribution >= 0.6 is 0 Å². The summed E-state index contributed by atoms with van der Waals surface area (Å²) >= 11 is 0. The van der Waals surface area contributed by atoms with E-state index in [-0.39, 0.29) is 24.2 Å². The van der Waals surface area contributed by atoms with E-state index >= 15 is 0 Å². The summed E-state index contributed by atoms with van der Waals surface area (Å²) in [6.45, 7) is 0.230. The standard InChI is InChI=1S/C34H36N8O8/c43-31(25-7-1-15-35-21-25)47-29-11-5-19-41(49-33(45)27-9-3-17-37-23-27)39-40-42(50-34(46)28-10-4-18-38-24-28)20-6-12-30(14-13-29)48-32(44)26-8-2-16-36-22-26/h1-4,7-10,15-18,21-24,29-30,39-40H,5-6,11-14,19-20H2. The first kappa shape index (κ1) is 35.6. The number of hydrogen-bond donors (Lipinski definition) is 2. The SMILES string of the molecule is O=C(OC1CCCN(OC(=O)c2cccnc2)NNN(OC(=O)c2cccnc2)CCCC(OC(=O)c2cccnc2)CC1)c1cccnc1. The smallest absolute Gasteiger partial charge is 0.359 e. The third-order valence-electron chi connectivity index (χ3n) is 7.41. The van der Waals surface area contributed by atoms with Gasteiger partial charge in [0.25, 0.3) is 0 Å². The molecule has 0 aliphatic carbocycles. The molecule has 1 fully saturated rings. The molecule has 2 N–H and O–H groups in total.